The average Bonchev–Trinajstić information content (AvgIpc) is 2.47. The van der Waals surface area contributed by atoms with Crippen LogP contribution in [0.3, 0.4) is 0 Å². The van der Waals surface area contributed by atoms with Gasteiger partial charge >= 0.3 is 0 Å². The van der Waals surface area contributed by atoms with Crippen molar-refractivity contribution in [2.24, 2.45) is 11.7 Å². The van der Waals surface area contributed by atoms with Gasteiger partial charge < -0.3 is 11.1 Å². The van der Waals surface area contributed by atoms with Crippen LogP contribution in [0.15, 0.2) is 24.5 Å². The molecule has 104 valence electrons. The minimum absolute atomic E-state index is 0.134. The summed E-state index contributed by atoms with van der Waals surface area (Å²) in [6.45, 7) is 0.674. The van der Waals surface area contributed by atoms with Gasteiger partial charge in [-0.05, 0) is 43.4 Å². The molecule has 1 aliphatic carbocycles. The predicted octanol–water partition coefficient (Wildman–Crippen LogP) is 1.65. The van der Waals surface area contributed by atoms with Gasteiger partial charge in [-0.15, -0.1) is 0 Å². The molecule has 0 aliphatic heterocycles. The van der Waals surface area contributed by atoms with Crippen LogP contribution in [0.25, 0.3) is 0 Å². The van der Waals surface area contributed by atoms with Crippen molar-refractivity contribution in [2.45, 2.75) is 44.6 Å². The third-order valence-corrected chi connectivity index (χ3v) is 3.92. The first-order valence-electron chi connectivity index (χ1n) is 7.18. The van der Waals surface area contributed by atoms with Crippen molar-refractivity contribution >= 4 is 5.91 Å². The fraction of sp³-hybridized carbons (Fsp3) is 0.600. The average molecular weight is 261 g/mol. The number of pyridine rings is 1. The highest BCUT2D eigenvalue weighted by atomic mass is 16.1. The largest absolute Gasteiger partial charge is 0.353 e. The SMILES string of the molecule is NCC1CCCCC1NC(=O)CCc1cccnc1. The topological polar surface area (TPSA) is 68.0 Å². The molecule has 0 aromatic carbocycles. The number of aryl methyl sites for hydroxylation is 1. The lowest BCUT2D eigenvalue weighted by atomic mass is 9.84. The predicted molar refractivity (Wildman–Crippen MR) is 75.5 cm³/mol. The molecule has 1 saturated carbocycles. The van der Waals surface area contributed by atoms with E-state index in [1.165, 1.54) is 12.8 Å². The van der Waals surface area contributed by atoms with Gasteiger partial charge in [0.2, 0.25) is 5.91 Å². The van der Waals surface area contributed by atoms with Crippen LogP contribution in [0.4, 0.5) is 0 Å². The summed E-state index contributed by atoms with van der Waals surface area (Å²) in [5.74, 6) is 0.588. The van der Waals surface area contributed by atoms with E-state index in [1.54, 1.807) is 6.20 Å². The van der Waals surface area contributed by atoms with E-state index in [4.69, 9.17) is 5.73 Å². The molecule has 4 nitrogen and oxygen atoms in total. The number of nitrogens with one attached hydrogen (secondary N) is 1. The standard InChI is InChI=1S/C15H23N3O/c16-10-13-5-1-2-6-14(13)18-15(19)8-7-12-4-3-9-17-11-12/h3-4,9,11,13-14H,1-2,5-8,10,16H2,(H,18,19). The van der Waals surface area contributed by atoms with Crippen molar-refractivity contribution in [3.63, 3.8) is 0 Å². The summed E-state index contributed by atoms with van der Waals surface area (Å²) in [7, 11) is 0. The zero-order valence-electron chi connectivity index (χ0n) is 11.3. The quantitative estimate of drug-likeness (QED) is 0.847. The molecule has 2 unspecified atom stereocenters. The Bertz CT molecular complexity index is 394. The Hall–Kier alpha value is -1.42. The van der Waals surface area contributed by atoms with Crippen molar-refractivity contribution in [1.29, 1.82) is 0 Å². The van der Waals surface area contributed by atoms with E-state index in [2.05, 4.69) is 10.3 Å². The van der Waals surface area contributed by atoms with Gasteiger partial charge in [0.15, 0.2) is 0 Å². The molecule has 2 atom stereocenters. The molecular weight excluding hydrogens is 238 g/mol. The lowest BCUT2D eigenvalue weighted by Crippen LogP contribution is -2.44. The number of hydrogen-bond donors (Lipinski definition) is 2. The van der Waals surface area contributed by atoms with E-state index in [0.29, 0.717) is 18.9 Å². The molecule has 1 aromatic heterocycles. The number of carbonyl (C=O) groups is 1. The van der Waals surface area contributed by atoms with Crippen LogP contribution in [0.1, 0.15) is 37.7 Å². The van der Waals surface area contributed by atoms with E-state index in [9.17, 15) is 4.79 Å². The summed E-state index contributed by atoms with van der Waals surface area (Å²) in [5, 5.41) is 3.15. The number of carbonyl (C=O) groups excluding carboxylic acids is 1. The van der Waals surface area contributed by atoms with Gasteiger partial charge in [0.25, 0.3) is 0 Å². The molecule has 0 saturated heterocycles. The number of hydrogen-bond acceptors (Lipinski definition) is 3. The molecule has 1 aromatic rings. The number of nitrogens with two attached hydrogens (primary N) is 1. The van der Waals surface area contributed by atoms with Gasteiger partial charge in [-0.2, -0.15) is 0 Å². The third kappa shape index (κ3) is 4.31. The summed E-state index contributed by atoms with van der Waals surface area (Å²) in [6, 6.07) is 4.18. The van der Waals surface area contributed by atoms with Crippen LogP contribution in [-0.2, 0) is 11.2 Å². The molecule has 3 N–H and O–H groups in total. The molecule has 0 spiro atoms. The van der Waals surface area contributed by atoms with Crippen molar-refractivity contribution < 1.29 is 4.79 Å². The second kappa shape index (κ2) is 7.24. The summed E-state index contributed by atoms with van der Waals surface area (Å²) in [5.41, 5.74) is 6.88. The van der Waals surface area contributed by atoms with Gasteiger partial charge in [-0.3, -0.25) is 9.78 Å². The minimum Gasteiger partial charge on any atom is -0.353 e. The number of nitrogens with zero attached hydrogens (tertiary/aromatic N) is 1. The fourth-order valence-electron chi connectivity index (χ4n) is 2.76. The number of amides is 1. The van der Waals surface area contributed by atoms with Crippen LogP contribution in [0.5, 0.6) is 0 Å². The van der Waals surface area contributed by atoms with Crippen LogP contribution in [0.2, 0.25) is 0 Å². The third-order valence-electron chi connectivity index (χ3n) is 3.92. The van der Waals surface area contributed by atoms with E-state index < -0.39 is 0 Å². The maximum Gasteiger partial charge on any atom is 0.220 e. The van der Waals surface area contributed by atoms with Crippen LogP contribution < -0.4 is 11.1 Å². The highest BCUT2D eigenvalue weighted by Crippen LogP contribution is 2.23. The first-order valence-corrected chi connectivity index (χ1v) is 7.18. The first kappa shape index (κ1) is 14.0. The zero-order valence-corrected chi connectivity index (χ0v) is 11.3. The highest BCUT2D eigenvalue weighted by molar-refractivity contribution is 5.76. The second-order valence-electron chi connectivity index (χ2n) is 5.32. The Balaban J connectivity index is 1.77. The monoisotopic (exact) mass is 261 g/mol. The molecular formula is C15H23N3O. The van der Waals surface area contributed by atoms with Crippen LogP contribution >= 0.6 is 0 Å². The lowest BCUT2D eigenvalue weighted by Gasteiger charge is -2.31. The molecule has 2 rings (SSSR count). The number of rotatable bonds is 5. The second-order valence-corrected chi connectivity index (χ2v) is 5.32. The normalized spacial score (nSPS) is 23.0. The molecule has 0 radical (unpaired) electrons. The van der Waals surface area contributed by atoms with Crippen molar-refractivity contribution in [3.05, 3.63) is 30.1 Å². The van der Waals surface area contributed by atoms with Gasteiger partial charge in [0.1, 0.15) is 0 Å². The van der Waals surface area contributed by atoms with Gasteiger partial charge in [0.05, 0.1) is 0 Å². The first-order chi connectivity index (χ1) is 9.29. The Kier molecular flexibility index (Phi) is 5.33. The maximum absolute atomic E-state index is 12.0. The molecule has 1 aliphatic rings. The van der Waals surface area contributed by atoms with E-state index in [0.717, 1.165) is 24.8 Å². The molecule has 1 amide bonds. The van der Waals surface area contributed by atoms with E-state index >= 15 is 0 Å². The summed E-state index contributed by atoms with van der Waals surface area (Å²) in [6.07, 6.45) is 9.49. The Labute approximate surface area is 114 Å². The Morgan fingerprint density at radius 2 is 2.26 bits per heavy atom. The number of aromatic nitrogens is 1. The maximum atomic E-state index is 12.0. The summed E-state index contributed by atoms with van der Waals surface area (Å²) < 4.78 is 0. The summed E-state index contributed by atoms with van der Waals surface area (Å²) >= 11 is 0. The Morgan fingerprint density at radius 1 is 1.42 bits per heavy atom. The van der Waals surface area contributed by atoms with Crippen LogP contribution in [-0.4, -0.2) is 23.5 Å². The van der Waals surface area contributed by atoms with E-state index in [-0.39, 0.29) is 11.9 Å². The molecule has 19 heavy (non-hydrogen) atoms. The molecule has 1 heterocycles. The zero-order chi connectivity index (χ0) is 13.5. The van der Waals surface area contributed by atoms with Crippen molar-refractivity contribution in [3.8, 4) is 0 Å². The summed E-state index contributed by atoms with van der Waals surface area (Å²) in [4.78, 5) is 16.0. The molecule has 0 bridgehead atoms. The fourth-order valence-corrected chi connectivity index (χ4v) is 2.76. The Morgan fingerprint density at radius 3 is 3.00 bits per heavy atom. The smallest absolute Gasteiger partial charge is 0.220 e. The highest BCUT2D eigenvalue weighted by Gasteiger charge is 2.24. The molecule has 4 heteroatoms. The minimum atomic E-state index is 0.134. The van der Waals surface area contributed by atoms with Crippen LogP contribution in [0, 0.1) is 5.92 Å². The van der Waals surface area contributed by atoms with Gasteiger partial charge in [-0.1, -0.05) is 18.9 Å². The van der Waals surface area contributed by atoms with E-state index in [1.807, 2.05) is 18.3 Å². The lowest BCUT2D eigenvalue weighted by molar-refractivity contribution is -0.122. The molecule has 1 fully saturated rings. The van der Waals surface area contributed by atoms with Gasteiger partial charge in [0, 0.05) is 24.9 Å². The van der Waals surface area contributed by atoms with Crippen molar-refractivity contribution in [1.82, 2.24) is 10.3 Å². The van der Waals surface area contributed by atoms with Crippen molar-refractivity contribution in [2.75, 3.05) is 6.54 Å². The van der Waals surface area contributed by atoms with Gasteiger partial charge in [-0.25, -0.2) is 0 Å².